The Morgan fingerprint density at radius 1 is 1.20 bits per heavy atom. The van der Waals surface area contributed by atoms with Gasteiger partial charge >= 0.3 is 0 Å². The minimum Gasteiger partial charge on any atom is -0.342 e. The van der Waals surface area contributed by atoms with Crippen LogP contribution in [0.2, 0.25) is 0 Å². The highest BCUT2D eigenvalue weighted by Crippen LogP contribution is 2.26. The summed E-state index contributed by atoms with van der Waals surface area (Å²) in [5.41, 5.74) is -1.12. The Hall–Kier alpha value is -1.98. The summed E-state index contributed by atoms with van der Waals surface area (Å²) in [5, 5.41) is 2.57. The normalized spacial score (nSPS) is 18.8. The summed E-state index contributed by atoms with van der Waals surface area (Å²) in [4.78, 5) is 25.1. The van der Waals surface area contributed by atoms with E-state index in [0.717, 1.165) is 17.0 Å². The Bertz CT molecular complexity index is 585. The molecular formula is C14H16F2N2O2. The van der Waals surface area contributed by atoms with Crippen LogP contribution in [-0.2, 0) is 9.59 Å². The van der Waals surface area contributed by atoms with Crippen LogP contribution in [-0.4, -0.2) is 23.9 Å². The van der Waals surface area contributed by atoms with Crippen molar-refractivity contribution in [2.24, 2.45) is 0 Å². The van der Waals surface area contributed by atoms with Gasteiger partial charge in [0.05, 0.1) is 5.69 Å². The van der Waals surface area contributed by atoms with Crippen LogP contribution in [0.1, 0.15) is 25.8 Å². The quantitative estimate of drug-likeness (QED) is 0.855. The molecule has 108 valence electrons. The van der Waals surface area contributed by atoms with E-state index in [9.17, 15) is 18.4 Å². The smallest absolute Gasteiger partial charge is 0.252 e. The summed E-state index contributed by atoms with van der Waals surface area (Å²) >= 11 is 0. The van der Waals surface area contributed by atoms with E-state index < -0.39 is 23.1 Å². The van der Waals surface area contributed by atoms with Crippen molar-refractivity contribution in [2.45, 2.75) is 32.7 Å². The highest BCUT2D eigenvalue weighted by atomic mass is 19.1. The summed E-state index contributed by atoms with van der Waals surface area (Å²) in [6, 6.07) is 2.04. The molecule has 0 bridgehead atoms. The lowest BCUT2D eigenvalue weighted by molar-refractivity contribution is -0.128. The lowest BCUT2D eigenvalue weighted by Crippen LogP contribution is -2.53. The number of nitrogens with one attached hydrogen (secondary N) is 1. The highest BCUT2D eigenvalue weighted by Gasteiger charge is 2.38. The van der Waals surface area contributed by atoms with E-state index in [0.29, 0.717) is 0 Å². The Labute approximate surface area is 115 Å². The van der Waals surface area contributed by atoms with Gasteiger partial charge < -0.3 is 10.2 Å². The second-order valence-corrected chi connectivity index (χ2v) is 5.43. The summed E-state index contributed by atoms with van der Waals surface area (Å²) in [5.74, 6) is -2.03. The second-order valence-electron chi connectivity index (χ2n) is 5.43. The number of aryl methyl sites for hydroxylation is 1. The first-order valence-electron chi connectivity index (χ1n) is 6.31. The monoisotopic (exact) mass is 282 g/mol. The van der Waals surface area contributed by atoms with Crippen molar-refractivity contribution >= 4 is 17.5 Å². The number of hydrogen-bond donors (Lipinski definition) is 1. The maximum absolute atomic E-state index is 14.0. The average molecular weight is 282 g/mol. The first-order chi connectivity index (χ1) is 9.22. The van der Waals surface area contributed by atoms with Crippen molar-refractivity contribution in [1.82, 2.24) is 5.32 Å². The van der Waals surface area contributed by atoms with Crippen molar-refractivity contribution in [3.05, 3.63) is 29.3 Å². The van der Waals surface area contributed by atoms with E-state index >= 15 is 0 Å². The molecule has 6 heteroatoms. The summed E-state index contributed by atoms with van der Waals surface area (Å²) in [6.45, 7) is 4.54. The SMILES string of the molecule is Cc1cc(F)c(N2CCC(=O)NC(C)(C)C2=O)cc1F. The molecule has 20 heavy (non-hydrogen) atoms. The molecule has 1 fully saturated rings. The summed E-state index contributed by atoms with van der Waals surface area (Å²) < 4.78 is 27.6. The second kappa shape index (κ2) is 4.85. The summed E-state index contributed by atoms with van der Waals surface area (Å²) in [6.07, 6.45) is 0.0457. The van der Waals surface area contributed by atoms with Crippen molar-refractivity contribution in [3.8, 4) is 0 Å². The maximum Gasteiger partial charge on any atom is 0.252 e. The lowest BCUT2D eigenvalue weighted by atomic mass is 10.0. The van der Waals surface area contributed by atoms with Gasteiger partial charge in [-0.1, -0.05) is 0 Å². The van der Waals surface area contributed by atoms with E-state index in [1.165, 1.54) is 20.8 Å². The van der Waals surface area contributed by atoms with E-state index in [-0.39, 0.29) is 30.1 Å². The molecular weight excluding hydrogens is 266 g/mol. The predicted octanol–water partition coefficient (Wildman–Crippen LogP) is 1.90. The van der Waals surface area contributed by atoms with Crippen molar-refractivity contribution < 1.29 is 18.4 Å². The molecule has 1 aliphatic heterocycles. The van der Waals surface area contributed by atoms with Gasteiger partial charge in [-0.3, -0.25) is 9.59 Å². The third kappa shape index (κ3) is 2.50. The van der Waals surface area contributed by atoms with Crippen LogP contribution < -0.4 is 10.2 Å². The largest absolute Gasteiger partial charge is 0.342 e. The number of benzene rings is 1. The van der Waals surface area contributed by atoms with Gasteiger partial charge in [0.1, 0.15) is 17.2 Å². The fraction of sp³-hybridized carbons (Fsp3) is 0.429. The average Bonchev–Trinajstić information content (AvgIpc) is 2.43. The number of rotatable bonds is 1. The molecule has 0 radical (unpaired) electrons. The van der Waals surface area contributed by atoms with Crippen LogP contribution >= 0.6 is 0 Å². The molecule has 0 atom stereocenters. The zero-order chi connectivity index (χ0) is 15.1. The highest BCUT2D eigenvalue weighted by molar-refractivity contribution is 6.03. The molecule has 2 amide bonds. The molecule has 1 aromatic carbocycles. The number of hydrogen-bond acceptors (Lipinski definition) is 2. The van der Waals surface area contributed by atoms with Gasteiger partial charge in [0.2, 0.25) is 5.91 Å². The molecule has 0 spiro atoms. The van der Waals surface area contributed by atoms with Crippen molar-refractivity contribution in [3.63, 3.8) is 0 Å². The van der Waals surface area contributed by atoms with Gasteiger partial charge in [0.25, 0.3) is 5.91 Å². The molecule has 1 N–H and O–H groups in total. The van der Waals surface area contributed by atoms with Gasteiger partial charge in [0.15, 0.2) is 0 Å². The summed E-state index contributed by atoms with van der Waals surface area (Å²) in [7, 11) is 0. The Morgan fingerprint density at radius 2 is 1.85 bits per heavy atom. The number of carbonyl (C=O) groups excluding carboxylic acids is 2. The molecule has 1 aliphatic rings. The maximum atomic E-state index is 14.0. The topological polar surface area (TPSA) is 49.4 Å². The third-order valence-corrected chi connectivity index (χ3v) is 3.31. The van der Waals surface area contributed by atoms with Gasteiger partial charge in [-0.2, -0.15) is 0 Å². The van der Waals surface area contributed by atoms with Crippen LogP contribution in [0.25, 0.3) is 0 Å². The Balaban J connectivity index is 2.48. The van der Waals surface area contributed by atoms with Crippen LogP contribution in [0.15, 0.2) is 12.1 Å². The van der Waals surface area contributed by atoms with Gasteiger partial charge in [-0.25, -0.2) is 8.78 Å². The first-order valence-corrected chi connectivity index (χ1v) is 6.31. The molecule has 0 saturated carbocycles. The van der Waals surface area contributed by atoms with Crippen LogP contribution in [0.5, 0.6) is 0 Å². The molecule has 1 aromatic rings. The van der Waals surface area contributed by atoms with E-state index in [4.69, 9.17) is 0 Å². The molecule has 4 nitrogen and oxygen atoms in total. The zero-order valence-corrected chi connectivity index (χ0v) is 11.6. The van der Waals surface area contributed by atoms with Crippen LogP contribution in [0.3, 0.4) is 0 Å². The number of halogens is 2. The minimum atomic E-state index is -1.15. The molecule has 0 unspecified atom stereocenters. The third-order valence-electron chi connectivity index (χ3n) is 3.31. The first kappa shape index (κ1) is 14.4. The molecule has 1 saturated heterocycles. The molecule has 1 heterocycles. The van der Waals surface area contributed by atoms with Gasteiger partial charge in [-0.05, 0) is 32.4 Å². The fourth-order valence-electron chi connectivity index (χ4n) is 2.19. The van der Waals surface area contributed by atoms with E-state index in [2.05, 4.69) is 5.32 Å². The van der Waals surface area contributed by atoms with E-state index in [1.54, 1.807) is 0 Å². The number of carbonyl (C=O) groups is 2. The van der Waals surface area contributed by atoms with Gasteiger partial charge in [-0.15, -0.1) is 0 Å². The molecule has 0 aliphatic carbocycles. The Morgan fingerprint density at radius 3 is 2.50 bits per heavy atom. The number of nitrogens with zero attached hydrogens (tertiary/aromatic N) is 1. The Kier molecular flexibility index (Phi) is 3.50. The predicted molar refractivity (Wildman–Crippen MR) is 70.3 cm³/mol. The number of amides is 2. The molecule has 0 aromatic heterocycles. The van der Waals surface area contributed by atoms with Crippen LogP contribution in [0, 0.1) is 18.6 Å². The standard InChI is InChI=1S/C14H16F2N2O2/c1-8-6-10(16)11(7-9(8)15)18-5-4-12(19)17-14(2,3)13(18)20/h6-7H,4-5H2,1-3H3,(H,17,19). The lowest BCUT2D eigenvalue weighted by Gasteiger charge is -2.29. The van der Waals surface area contributed by atoms with E-state index in [1.807, 2.05) is 0 Å². The fourth-order valence-corrected chi connectivity index (χ4v) is 2.19. The number of anilines is 1. The van der Waals surface area contributed by atoms with Crippen molar-refractivity contribution in [2.75, 3.05) is 11.4 Å². The van der Waals surface area contributed by atoms with Gasteiger partial charge in [0, 0.05) is 19.0 Å². The molecule has 2 rings (SSSR count). The van der Waals surface area contributed by atoms with Crippen LogP contribution in [0.4, 0.5) is 14.5 Å². The van der Waals surface area contributed by atoms with Crippen molar-refractivity contribution in [1.29, 1.82) is 0 Å². The minimum absolute atomic E-state index is 0.0213. The zero-order valence-electron chi connectivity index (χ0n) is 11.6.